The Balaban J connectivity index is 1.74. The maximum atomic E-state index is 13.3. The molecule has 1 saturated carbocycles. The van der Waals surface area contributed by atoms with Gasteiger partial charge in [0.1, 0.15) is 0 Å². The van der Waals surface area contributed by atoms with Crippen molar-refractivity contribution in [2.45, 2.75) is 56.4 Å². The second kappa shape index (κ2) is 8.63. The number of hydrogen-bond acceptors (Lipinski definition) is 2. The summed E-state index contributed by atoms with van der Waals surface area (Å²) < 4.78 is 119. The van der Waals surface area contributed by atoms with E-state index in [0.717, 1.165) is 29.9 Å². The molecule has 0 unspecified atom stereocenters. The van der Waals surface area contributed by atoms with E-state index in [1.54, 1.807) is 0 Å². The Morgan fingerprint density at radius 1 is 0.829 bits per heavy atom. The summed E-state index contributed by atoms with van der Waals surface area (Å²) in [5.41, 5.74) is -4.03. The van der Waals surface area contributed by atoms with Crippen molar-refractivity contribution >= 4 is 12.1 Å². The normalized spacial score (nSPS) is 20.7. The summed E-state index contributed by atoms with van der Waals surface area (Å²) in [5, 5.41) is 3.16. The highest BCUT2D eigenvalue weighted by Crippen LogP contribution is 2.46. The van der Waals surface area contributed by atoms with Crippen LogP contribution in [-0.4, -0.2) is 17.4 Å². The summed E-state index contributed by atoms with van der Waals surface area (Å²) in [7, 11) is 0. The van der Waals surface area contributed by atoms with E-state index in [9.17, 15) is 44.3 Å². The van der Waals surface area contributed by atoms with Gasteiger partial charge in [0.05, 0.1) is 22.7 Å². The SMILES string of the molecule is O=CN(Cc1cc(C(F)(F)F)cc(C(F)(F)F)c1)[C@H]1C[C@@H](C2CC2)Nc2ccc(C(F)(F)F)cc21. The molecule has 0 radical (unpaired) electrons. The number of halogens is 9. The third-order valence-corrected chi connectivity index (χ3v) is 6.30. The van der Waals surface area contributed by atoms with E-state index < -0.39 is 53.4 Å². The van der Waals surface area contributed by atoms with Crippen LogP contribution < -0.4 is 5.32 Å². The second-order valence-electron chi connectivity index (χ2n) is 8.83. The van der Waals surface area contributed by atoms with Crippen LogP contribution in [0, 0.1) is 5.92 Å². The number of nitrogens with one attached hydrogen (secondary N) is 1. The van der Waals surface area contributed by atoms with Crippen molar-refractivity contribution in [1.29, 1.82) is 0 Å². The molecule has 0 spiro atoms. The fourth-order valence-corrected chi connectivity index (χ4v) is 4.44. The minimum absolute atomic E-state index is 0.0205. The first-order valence-corrected chi connectivity index (χ1v) is 10.6. The lowest BCUT2D eigenvalue weighted by Crippen LogP contribution is -2.38. The smallest absolute Gasteiger partial charge is 0.382 e. The lowest BCUT2D eigenvalue weighted by molar-refractivity contribution is -0.143. The number of benzene rings is 2. The molecule has 35 heavy (non-hydrogen) atoms. The number of rotatable bonds is 5. The van der Waals surface area contributed by atoms with Crippen LogP contribution in [0.3, 0.4) is 0 Å². The van der Waals surface area contributed by atoms with E-state index >= 15 is 0 Å². The van der Waals surface area contributed by atoms with Gasteiger partial charge in [0, 0.05) is 18.3 Å². The average molecular weight is 510 g/mol. The minimum atomic E-state index is -5.07. The van der Waals surface area contributed by atoms with Crippen LogP contribution in [0.2, 0.25) is 0 Å². The maximum absolute atomic E-state index is 13.3. The van der Waals surface area contributed by atoms with Gasteiger partial charge in [0.2, 0.25) is 6.41 Å². The van der Waals surface area contributed by atoms with E-state index in [2.05, 4.69) is 5.32 Å². The monoisotopic (exact) mass is 510 g/mol. The molecule has 190 valence electrons. The molecule has 2 atom stereocenters. The number of carbonyl (C=O) groups is 1. The van der Waals surface area contributed by atoms with Crippen molar-refractivity contribution in [1.82, 2.24) is 4.90 Å². The van der Waals surface area contributed by atoms with E-state index in [4.69, 9.17) is 0 Å². The Labute approximate surface area is 193 Å². The Morgan fingerprint density at radius 3 is 1.89 bits per heavy atom. The van der Waals surface area contributed by atoms with Gasteiger partial charge in [-0.05, 0) is 72.7 Å². The Bertz CT molecular complexity index is 1070. The lowest BCUT2D eigenvalue weighted by atomic mass is 9.88. The summed E-state index contributed by atoms with van der Waals surface area (Å²) in [4.78, 5) is 13.0. The average Bonchev–Trinajstić information content (AvgIpc) is 3.60. The zero-order valence-corrected chi connectivity index (χ0v) is 17.9. The quantitative estimate of drug-likeness (QED) is 0.346. The van der Waals surface area contributed by atoms with Crippen molar-refractivity contribution < 1.29 is 44.3 Å². The van der Waals surface area contributed by atoms with E-state index in [1.165, 1.54) is 6.07 Å². The van der Waals surface area contributed by atoms with Crippen LogP contribution in [0.5, 0.6) is 0 Å². The molecule has 0 saturated heterocycles. The molecule has 1 aliphatic heterocycles. The molecule has 1 aliphatic carbocycles. The molecule has 0 aromatic heterocycles. The first kappa shape index (κ1) is 25.2. The topological polar surface area (TPSA) is 32.3 Å². The Morgan fingerprint density at radius 2 is 1.40 bits per heavy atom. The fourth-order valence-electron chi connectivity index (χ4n) is 4.44. The van der Waals surface area contributed by atoms with Gasteiger partial charge in [-0.2, -0.15) is 39.5 Å². The number of fused-ring (bicyclic) bond motifs is 1. The number of nitrogens with zero attached hydrogens (tertiary/aromatic N) is 1. The first-order chi connectivity index (χ1) is 16.2. The number of amides is 1. The van der Waals surface area contributed by atoms with Crippen molar-refractivity contribution in [2.24, 2.45) is 5.92 Å². The summed E-state index contributed by atoms with van der Waals surface area (Å²) in [6.07, 6.45) is -12.7. The van der Waals surface area contributed by atoms with Gasteiger partial charge in [0.25, 0.3) is 0 Å². The molecule has 1 N–H and O–H groups in total. The van der Waals surface area contributed by atoms with Crippen molar-refractivity contribution in [3.63, 3.8) is 0 Å². The lowest BCUT2D eigenvalue weighted by Gasteiger charge is -2.39. The highest BCUT2D eigenvalue weighted by Gasteiger charge is 2.41. The fraction of sp³-hybridized carbons (Fsp3) is 0.435. The van der Waals surface area contributed by atoms with Gasteiger partial charge >= 0.3 is 18.5 Å². The highest BCUT2D eigenvalue weighted by atomic mass is 19.4. The van der Waals surface area contributed by atoms with Gasteiger partial charge in [-0.1, -0.05) is 0 Å². The molecule has 2 aromatic rings. The Kier molecular flexibility index (Phi) is 6.21. The summed E-state index contributed by atoms with van der Waals surface area (Å²) >= 11 is 0. The predicted octanol–water partition coefficient (Wildman–Crippen LogP) is 7.04. The van der Waals surface area contributed by atoms with Gasteiger partial charge in [-0.25, -0.2) is 0 Å². The van der Waals surface area contributed by atoms with E-state index in [0.29, 0.717) is 17.8 Å². The first-order valence-electron chi connectivity index (χ1n) is 10.6. The van der Waals surface area contributed by atoms with Crippen LogP contribution in [-0.2, 0) is 29.9 Å². The van der Waals surface area contributed by atoms with Gasteiger partial charge in [-0.15, -0.1) is 0 Å². The Hall–Kier alpha value is -2.92. The molecule has 1 amide bonds. The second-order valence-corrected chi connectivity index (χ2v) is 8.83. The summed E-state index contributed by atoms with van der Waals surface area (Å²) in [5.74, 6) is 0.215. The molecule has 0 bridgehead atoms. The standard InChI is InChI=1S/C23H19F9N2O/c24-21(25,26)14-3-4-18-17(8-14)20(9-19(33-18)13-1-2-13)34(11-35)10-12-5-15(22(27,28)29)7-16(6-12)23(30,31)32/h3-8,11,13,19-20,33H,1-2,9-10H2/t19-,20-/m0/s1. The van der Waals surface area contributed by atoms with Gasteiger partial charge in [-0.3, -0.25) is 4.79 Å². The van der Waals surface area contributed by atoms with Crippen molar-refractivity contribution in [3.8, 4) is 0 Å². The number of hydrogen-bond donors (Lipinski definition) is 1. The number of carbonyl (C=O) groups excluding carboxylic acids is 1. The van der Waals surface area contributed by atoms with Crippen LogP contribution >= 0.6 is 0 Å². The molecule has 1 fully saturated rings. The van der Waals surface area contributed by atoms with Crippen LogP contribution in [0.15, 0.2) is 36.4 Å². The molecule has 12 heteroatoms. The molecule has 2 aliphatic rings. The largest absolute Gasteiger partial charge is 0.416 e. The molecular weight excluding hydrogens is 491 g/mol. The molecule has 4 rings (SSSR count). The van der Waals surface area contributed by atoms with E-state index in [-0.39, 0.29) is 36.4 Å². The maximum Gasteiger partial charge on any atom is 0.416 e. The molecule has 2 aromatic carbocycles. The third kappa shape index (κ3) is 5.51. The van der Waals surface area contributed by atoms with Gasteiger partial charge in [0.15, 0.2) is 0 Å². The predicted molar refractivity (Wildman–Crippen MR) is 107 cm³/mol. The summed E-state index contributed by atoms with van der Waals surface area (Å²) in [6.45, 7) is -0.645. The molecule has 3 nitrogen and oxygen atoms in total. The summed E-state index contributed by atoms with van der Waals surface area (Å²) in [6, 6.07) is 2.81. The zero-order chi connectivity index (χ0) is 25.8. The van der Waals surface area contributed by atoms with Crippen LogP contribution in [0.4, 0.5) is 45.2 Å². The number of alkyl halides is 9. The number of anilines is 1. The van der Waals surface area contributed by atoms with Gasteiger partial charge < -0.3 is 10.2 Å². The van der Waals surface area contributed by atoms with Crippen molar-refractivity contribution in [2.75, 3.05) is 5.32 Å². The van der Waals surface area contributed by atoms with E-state index in [1.807, 2.05) is 0 Å². The molecule has 1 heterocycles. The van der Waals surface area contributed by atoms with Crippen LogP contribution in [0.1, 0.15) is 53.1 Å². The molecular formula is C23H19F9N2O. The van der Waals surface area contributed by atoms with Crippen molar-refractivity contribution in [3.05, 3.63) is 64.2 Å². The third-order valence-electron chi connectivity index (χ3n) is 6.30. The van der Waals surface area contributed by atoms with Crippen LogP contribution in [0.25, 0.3) is 0 Å². The highest BCUT2D eigenvalue weighted by molar-refractivity contribution is 5.60. The zero-order valence-electron chi connectivity index (χ0n) is 17.9. The minimum Gasteiger partial charge on any atom is -0.382 e.